The molecule has 0 unspecified atom stereocenters. The number of nitrogens with one attached hydrogen (secondary N) is 2. The molecule has 2 aromatic carbocycles. The van der Waals surface area contributed by atoms with E-state index in [-0.39, 0.29) is 17.2 Å². The lowest BCUT2D eigenvalue weighted by Crippen LogP contribution is -2.26. The Balaban J connectivity index is 1.83. The van der Waals surface area contributed by atoms with Gasteiger partial charge in [0.25, 0.3) is 11.5 Å². The predicted octanol–water partition coefficient (Wildman–Crippen LogP) is 2.46. The Kier molecular flexibility index (Phi) is 3.51. The van der Waals surface area contributed by atoms with Crippen LogP contribution in [0.4, 0.5) is 0 Å². The smallest absolute Gasteiger partial charge is 0.268 e. The molecular weight excluding hydrogens is 264 g/mol. The van der Waals surface area contributed by atoms with Crippen LogP contribution in [0.5, 0.6) is 0 Å². The number of benzene rings is 2. The van der Waals surface area contributed by atoms with Crippen LogP contribution in [0.2, 0.25) is 0 Å². The minimum absolute atomic E-state index is 0.252. The first-order valence-electron chi connectivity index (χ1n) is 6.68. The van der Waals surface area contributed by atoms with Crippen LogP contribution in [-0.2, 0) is 6.54 Å². The van der Waals surface area contributed by atoms with Gasteiger partial charge >= 0.3 is 0 Å². The van der Waals surface area contributed by atoms with Crippen LogP contribution < -0.4 is 10.9 Å². The highest BCUT2D eigenvalue weighted by molar-refractivity contribution is 5.96. The van der Waals surface area contributed by atoms with E-state index in [0.29, 0.717) is 11.9 Å². The number of carbonyl (C=O) groups excluding carboxylic acids is 1. The van der Waals surface area contributed by atoms with Gasteiger partial charge in [-0.25, -0.2) is 0 Å². The number of hydrogen-bond acceptors (Lipinski definition) is 2. The first-order valence-corrected chi connectivity index (χ1v) is 6.68. The number of carbonyl (C=O) groups is 1. The van der Waals surface area contributed by atoms with Crippen LogP contribution in [0.3, 0.4) is 0 Å². The van der Waals surface area contributed by atoms with Crippen LogP contribution in [0.1, 0.15) is 16.1 Å². The van der Waals surface area contributed by atoms with Gasteiger partial charge in [0.05, 0.1) is 0 Å². The van der Waals surface area contributed by atoms with Crippen molar-refractivity contribution in [3.05, 3.63) is 82.3 Å². The number of aromatic nitrogens is 1. The quantitative estimate of drug-likeness (QED) is 0.773. The van der Waals surface area contributed by atoms with Crippen molar-refractivity contribution in [1.29, 1.82) is 0 Å². The van der Waals surface area contributed by atoms with E-state index in [1.807, 2.05) is 42.5 Å². The van der Waals surface area contributed by atoms with Gasteiger partial charge in [-0.2, -0.15) is 0 Å². The van der Waals surface area contributed by atoms with Crippen molar-refractivity contribution in [1.82, 2.24) is 10.3 Å². The third-order valence-electron chi connectivity index (χ3n) is 3.29. The molecule has 4 heteroatoms. The lowest BCUT2D eigenvalue weighted by Gasteiger charge is -2.06. The minimum Gasteiger partial charge on any atom is -0.347 e. The van der Waals surface area contributed by atoms with Crippen LogP contribution >= 0.6 is 0 Å². The van der Waals surface area contributed by atoms with Gasteiger partial charge in [0, 0.05) is 11.9 Å². The number of aromatic amines is 1. The third kappa shape index (κ3) is 2.84. The Hall–Kier alpha value is -2.88. The van der Waals surface area contributed by atoms with Gasteiger partial charge < -0.3 is 10.3 Å². The summed E-state index contributed by atoms with van der Waals surface area (Å²) in [4.78, 5) is 26.7. The minimum atomic E-state index is -0.290. The molecule has 3 aromatic rings. The van der Waals surface area contributed by atoms with Crippen molar-refractivity contribution in [3.63, 3.8) is 0 Å². The topological polar surface area (TPSA) is 62.0 Å². The molecule has 1 amide bonds. The van der Waals surface area contributed by atoms with Crippen LogP contribution in [0.15, 0.2) is 65.5 Å². The van der Waals surface area contributed by atoms with Gasteiger partial charge in [-0.1, -0.05) is 48.5 Å². The molecule has 2 N–H and O–H groups in total. The lowest BCUT2D eigenvalue weighted by molar-refractivity contribution is 0.0946. The summed E-state index contributed by atoms with van der Waals surface area (Å²) in [6.45, 7) is 0.425. The molecule has 0 fully saturated rings. The number of pyridine rings is 1. The first kappa shape index (κ1) is 13.1. The Labute approximate surface area is 121 Å². The number of rotatable bonds is 3. The van der Waals surface area contributed by atoms with Gasteiger partial charge in [-0.3, -0.25) is 9.59 Å². The molecule has 0 bridgehead atoms. The Morgan fingerprint density at radius 2 is 1.71 bits per heavy atom. The van der Waals surface area contributed by atoms with E-state index in [0.717, 1.165) is 10.9 Å². The van der Waals surface area contributed by atoms with Crippen molar-refractivity contribution < 1.29 is 4.79 Å². The zero-order valence-corrected chi connectivity index (χ0v) is 11.3. The molecule has 4 nitrogen and oxygen atoms in total. The van der Waals surface area contributed by atoms with E-state index >= 15 is 0 Å². The summed E-state index contributed by atoms with van der Waals surface area (Å²) < 4.78 is 0. The summed E-state index contributed by atoms with van der Waals surface area (Å²) in [7, 11) is 0. The second-order valence-corrected chi connectivity index (χ2v) is 4.77. The van der Waals surface area contributed by atoms with Crippen LogP contribution in [-0.4, -0.2) is 10.9 Å². The maximum atomic E-state index is 12.1. The normalized spacial score (nSPS) is 10.5. The fourth-order valence-corrected chi connectivity index (χ4v) is 2.21. The SMILES string of the molecule is O=C(NCc1ccccc1)c1cc2ccccc2c(=O)[nH]1. The van der Waals surface area contributed by atoms with Gasteiger partial charge in [0.15, 0.2) is 0 Å². The third-order valence-corrected chi connectivity index (χ3v) is 3.29. The molecule has 0 aliphatic heterocycles. The molecular formula is C17H14N2O2. The van der Waals surface area contributed by atoms with Crippen molar-refractivity contribution in [3.8, 4) is 0 Å². The molecule has 3 rings (SSSR count). The molecule has 21 heavy (non-hydrogen) atoms. The Morgan fingerprint density at radius 3 is 2.52 bits per heavy atom. The lowest BCUT2D eigenvalue weighted by atomic mass is 10.1. The predicted molar refractivity (Wildman–Crippen MR) is 82.2 cm³/mol. The molecule has 104 valence electrons. The van der Waals surface area contributed by atoms with E-state index in [4.69, 9.17) is 0 Å². The van der Waals surface area contributed by atoms with E-state index in [1.165, 1.54) is 0 Å². The van der Waals surface area contributed by atoms with Gasteiger partial charge in [0.1, 0.15) is 5.69 Å². The maximum Gasteiger partial charge on any atom is 0.268 e. The second kappa shape index (κ2) is 5.63. The summed E-state index contributed by atoms with van der Waals surface area (Å²) in [6, 6.07) is 18.5. The molecule has 0 saturated carbocycles. The van der Waals surface area contributed by atoms with E-state index in [2.05, 4.69) is 10.3 Å². The van der Waals surface area contributed by atoms with Crippen molar-refractivity contribution in [2.75, 3.05) is 0 Å². The van der Waals surface area contributed by atoms with Crippen molar-refractivity contribution >= 4 is 16.7 Å². The average Bonchev–Trinajstić information content (AvgIpc) is 2.53. The van der Waals surface area contributed by atoms with E-state index in [1.54, 1.807) is 18.2 Å². The standard InChI is InChI=1S/C17H14N2O2/c20-16-14-9-5-4-8-13(14)10-15(19-16)17(21)18-11-12-6-2-1-3-7-12/h1-10H,11H2,(H,18,21)(H,19,20). The Bertz CT molecular complexity index is 838. The summed E-state index contributed by atoms with van der Waals surface area (Å²) >= 11 is 0. The maximum absolute atomic E-state index is 12.1. The number of fused-ring (bicyclic) bond motifs is 1. The number of amides is 1. The fourth-order valence-electron chi connectivity index (χ4n) is 2.21. The average molecular weight is 278 g/mol. The zero-order chi connectivity index (χ0) is 14.7. The highest BCUT2D eigenvalue weighted by atomic mass is 16.2. The van der Waals surface area contributed by atoms with Crippen LogP contribution in [0, 0.1) is 0 Å². The highest BCUT2D eigenvalue weighted by Crippen LogP contribution is 2.09. The Morgan fingerprint density at radius 1 is 1.00 bits per heavy atom. The first-order chi connectivity index (χ1) is 10.2. The molecule has 0 atom stereocenters. The van der Waals surface area contributed by atoms with E-state index in [9.17, 15) is 9.59 Å². The summed E-state index contributed by atoms with van der Waals surface area (Å²) in [5.41, 5.74) is 1.03. The molecule has 1 aromatic heterocycles. The number of hydrogen-bond donors (Lipinski definition) is 2. The van der Waals surface area contributed by atoms with Gasteiger partial charge in [-0.05, 0) is 23.1 Å². The van der Waals surface area contributed by atoms with Crippen LogP contribution in [0.25, 0.3) is 10.8 Å². The molecule has 0 spiro atoms. The van der Waals surface area contributed by atoms with Crippen molar-refractivity contribution in [2.45, 2.75) is 6.54 Å². The fraction of sp³-hybridized carbons (Fsp3) is 0.0588. The monoisotopic (exact) mass is 278 g/mol. The number of H-pyrrole nitrogens is 1. The van der Waals surface area contributed by atoms with Gasteiger partial charge in [-0.15, -0.1) is 0 Å². The molecule has 0 aliphatic rings. The van der Waals surface area contributed by atoms with Gasteiger partial charge in [0.2, 0.25) is 0 Å². The molecule has 0 aliphatic carbocycles. The largest absolute Gasteiger partial charge is 0.347 e. The molecule has 0 radical (unpaired) electrons. The summed E-state index contributed by atoms with van der Waals surface area (Å²) in [6.07, 6.45) is 0. The summed E-state index contributed by atoms with van der Waals surface area (Å²) in [5.74, 6) is -0.290. The second-order valence-electron chi connectivity index (χ2n) is 4.77. The molecule has 0 saturated heterocycles. The highest BCUT2D eigenvalue weighted by Gasteiger charge is 2.08. The summed E-state index contributed by atoms with van der Waals surface area (Å²) in [5, 5.41) is 4.13. The molecule has 1 heterocycles. The van der Waals surface area contributed by atoms with Crippen molar-refractivity contribution in [2.24, 2.45) is 0 Å². The zero-order valence-electron chi connectivity index (χ0n) is 11.3. The van der Waals surface area contributed by atoms with E-state index < -0.39 is 0 Å².